The van der Waals surface area contributed by atoms with E-state index in [-0.39, 0.29) is 31.2 Å². The molecule has 0 saturated carbocycles. The fourth-order valence-corrected chi connectivity index (χ4v) is 1.89. The van der Waals surface area contributed by atoms with Crippen molar-refractivity contribution in [2.45, 2.75) is 0 Å². The first-order chi connectivity index (χ1) is 10.8. The lowest BCUT2D eigenvalue weighted by atomic mass is 10.1. The zero-order chi connectivity index (χ0) is 17.3. The van der Waals surface area contributed by atoms with Crippen LogP contribution in [0.4, 0.5) is 5.69 Å². The monoisotopic (exact) mass is 343 g/mol. The molecule has 9 nitrogen and oxygen atoms in total. The SMILES string of the molecule is NS(=O)(=O)CCOCCNC(=O)C=Cc1ccccc1[N+](=O)[O-]. The number of nitrogens with one attached hydrogen (secondary N) is 1. The predicted molar refractivity (Wildman–Crippen MR) is 83.9 cm³/mol. The van der Waals surface area contributed by atoms with Gasteiger partial charge in [-0.3, -0.25) is 14.9 Å². The quantitative estimate of drug-likeness (QED) is 0.280. The van der Waals surface area contributed by atoms with Gasteiger partial charge in [0.15, 0.2) is 0 Å². The second-order valence-electron chi connectivity index (χ2n) is 4.42. The molecule has 0 aliphatic heterocycles. The Balaban J connectivity index is 2.36. The number of para-hydroxylation sites is 1. The number of nitrogens with two attached hydrogens (primary N) is 1. The van der Waals surface area contributed by atoms with Crippen LogP contribution in [-0.4, -0.2) is 44.8 Å². The van der Waals surface area contributed by atoms with Gasteiger partial charge in [-0.25, -0.2) is 13.6 Å². The molecule has 0 heterocycles. The summed E-state index contributed by atoms with van der Waals surface area (Å²) in [5.41, 5.74) is 0.222. The molecule has 0 aliphatic carbocycles. The molecule has 0 radical (unpaired) electrons. The van der Waals surface area contributed by atoms with Gasteiger partial charge in [0.1, 0.15) is 0 Å². The molecule has 10 heteroatoms. The van der Waals surface area contributed by atoms with Gasteiger partial charge in [0, 0.05) is 18.7 Å². The Morgan fingerprint density at radius 1 is 1.35 bits per heavy atom. The van der Waals surface area contributed by atoms with Gasteiger partial charge in [0.25, 0.3) is 5.69 Å². The van der Waals surface area contributed by atoms with Crippen molar-refractivity contribution in [2.75, 3.05) is 25.5 Å². The van der Waals surface area contributed by atoms with Crippen molar-refractivity contribution in [3.8, 4) is 0 Å². The number of nitro benzene ring substituents is 1. The molecule has 0 spiro atoms. The maximum Gasteiger partial charge on any atom is 0.276 e. The van der Waals surface area contributed by atoms with Crippen molar-refractivity contribution in [1.29, 1.82) is 0 Å². The van der Waals surface area contributed by atoms with Crippen molar-refractivity contribution in [2.24, 2.45) is 5.14 Å². The molecule has 0 unspecified atom stereocenters. The van der Waals surface area contributed by atoms with Gasteiger partial charge in [-0.1, -0.05) is 12.1 Å². The molecule has 1 aromatic carbocycles. The Morgan fingerprint density at radius 2 is 2.04 bits per heavy atom. The largest absolute Gasteiger partial charge is 0.379 e. The Kier molecular flexibility index (Phi) is 7.32. The first-order valence-electron chi connectivity index (χ1n) is 6.57. The number of rotatable bonds is 9. The van der Waals surface area contributed by atoms with Gasteiger partial charge in [-0.2, -0.15) is 0 Å². The van der Waals surface area contributed by atoms with Crippen LogP contribution in [0.2, 0.25) is 0 Å². The lowest BCUT2D eigenvalue weighted by molar-refractivity contribution is -0.385. The molecule has 0 fully saturated rings. The lowest BCUT2D eigenvalue weighted by Gasteiger charge is -2.04. The average Bonchev–Trinajstić information content (AvgIpc) is 2.47. The number of carbonyl (C=O) groups excluding carboxylic acids is 1. The van der Waals surface area contributed by atoms with Crippen molar-refractivity contribution in [3.05, 3.63) is 46.0 Å². The summed E-state index contributed by atoms with van der Waals surface area (Å²) >= 11 is 0. The number of hydrogen-bond acceptors (Lipinski definition) is 6. The molecule has 1 amide bonds. The van der Waals surface area contributed by atoms with Crippen LogP contribution < -0.4 is 10.5 Å². The van der Waals surface area contributed by atoms with E-state index in [4.69, 9.17) is 9.88 Å². The highest BCUT2D eigenvalue weighted by Crippen LogP contribution is 2.18. The van der Waals surface area contributed by atoms with Crippen LogP contribution in [0.3, 0.4) is 0 Å². The highest BCUT2D eigenvalue weighted by molar-refractivity contribution is 7.89. The molecule has 3 N–H and O–H groups in total. The number of benzene rings is 1. The number of primary sulfonamides is 1. The van der Waals surface area contributed by atoms with E-state index in [1.807, 2.05) is 0 Å². The summed E-state index contributed by atoms with van der Waals surface area (Å²) in [5.74, 6) is -0.739. The summed E-state index contributed by atoms with van der Waals surface area (Å²) in [5, 5.41) is 18.1. The van der Waals surface area contributed by atoms with Gasteiger partial charge in [0.2, 0.25) is 15.9 Å². The van der Waals surface area contributed by atoms with Crippen LogP contribution in [-0.2, 0) is 19.6 Å². The fraction of sp³-hybridized carbons (Fsp3) is 0.308. The zero-order valence-corrected chi connectivity index (χ0v) is 13.0. The topological polar surface area (TPSA) is 142 Å². The van der Waals surface area contributed by atoms with Gasteiger partial charge < -0.3 is 10.1 Å². The van der Waals surface area contributed by atoms with Gasteiger partial charge >= 0.3 is 0 Å². The van der Waals surface area contributed by atoms with E-state index in [2.05, 4.69) is 5.32 Å². The zero-order valence-electron chi connectivity index (χ0n) is 12.2. The first kappa shape index (κ1) is 18.7. The van der Waals surface area contributed by atoms with Crippen molar-refractivity contribution < 1.29 is 22.9 Å². The smallest absolute Gasteiger partial charge is 0.276 e. The molecular weight excluding hydrogens is 326 g/mol. The Hall–Kier alpha value is -2.30. The van der Waals surface area contributed by atoms with Crippen molar-refractivity contribution in [3.63, 3.8) is 0 Å². The number of sulfonamides is 1. The van der Waals surface area contributed by atoms with Crippen LogP contribution in [0.25, 0.3) is 6.08 Å². The summed E-state index contributed by atoms with van der Waals surface area (Å²) in [4.78, 5) is 21.8. The fourth-order valence-electron chi connectivity index (χ4n) is 1.54. The second kappa shape index (κ2) is 8.98. The maximum atomic E-state index is 11.6. The first-order valence-corrected chi connectivity index (χ1v) is 8.28. The summed E-state index contributed by atoms with van der Waals surface area (Å²) < 4.78 is 26.3. The van der Waals surface area contributed by atoms with E-state index >= 15 is 0 Å². The van der Waals surface area contributed by atoms with E-state index in [1.165, 1.54) is 30.4 Å². The molecule has 0 atom stereocenters. The van der Waals surface area contributed by atoms with Crippen LogP contribution >= 0.6 is 0 Å². The summed E-state index contributed by atoms with van der Waals surface area (Å²) in [6.45, 7) is 0.242. The van der Waals surface area contributed by atoms with Crippen molar-refractivity contribution >= 4 is 27.7 Å². The number of amides is 1. The lowest BCUT2D eigenvalue weighted by Crippen LogP contribution is -2.27. The van der Waals surface area contributed by atoms with E-state index in [9.17, 15) is 23.3 Å². The van der Waals surface area contributed by atoms with Crippen LogP contribution in [0, 0.1) is 10.1 Å². The van der Waals surface area contributed by atoms with Crippen molar-refractivity contribution in [1.82, 2.24) is 5.32 Å². The Morgan fingerprint density at radius 3 is 2.70 bits per heavy atom. The molecule has 126 valence electrons. The minimum absolute atomic E-state index is 0.0548. The van der Waals surface area contributed by atoms with E-state index in [0.29, 0.717) is 5.56 Å². The normalized spacial score (nSPS) is 11.5. The van der Waals surface area contributed by atoms with E-state index in [1.54, 1.807) is 6.07 Å². The number of nitrogens with zero attached hydrogens (tertiary/aromatic N) is 1. The van der Waals surface area contributed by atoms with Crippen LogP contribution in [0.15, 0.2) is 30.3 Å². The number of nitro groups is 1. The summed E-state index contributed by atoms with van der Waals surface area (Å²) in [6, 6.07) is 6.04. The highest BCUT2D eigenvalue weighted by Gasteiger charge is 2.09. The Bertz CT molecular complexity index is 687. The molecule has 1 rings (SSSR count). The minimum atomic E-state index is -3.56. The maximum absolute atomic E-state index is 11.6. The third-order valence-electron chi connectivity index (χ3n) is 2.61. The third-order valence-corrected chi connectivity index (χ3v) is 3.34. The van der Waals surface area contributed by atoms with Crippen LogP contribution in [0.5, 0.6) is 0 Å². The van der Waals surface area contributed by atoms with E-state index < -0.39 is 20.9 Å². The van der Waals surface area contributed by atoms with Gasteiger partial charge in [0.05, 0.1) is 29.5 Å². The molecule has 0 saturated heterocycles. The summed E-state index contributed by atoms with van der Waals surface area (Å²) in [7, 11) is -3.56. The summed E-state index contributed by atoms with van der Waals surface area (Å²) in [6.07, 6.45) is 2.52. The number of ether oxygens (including phenoxy) is 1. The van der Waals surface area contributed by atoms with E-state index in [0.717, 1.165) is 0 Å². The number of hydrogen-bond donors (Lipinski definition) is 2. The van der Waals surface area contributed by atoms with Gasteiger partial charge in [-0.15, -0.1) is 0 Å². The van der Waals surface area contributed by atoms with Crippen LogP contribution in [0.1, 0.15) is 5.56 Å². The molecule has 0 aromatic heterocycles. The number of carbonyl (C=O) groups is 1. The second-order valence-corrected chi connectivity index (χ2v) is 6.15. The predicted octanol–water partition coefficient (Wildman–Crippen LogP) is 0.0293. The molecule has 23 heavy (non-hydrogen) atoms. The molecule has 0 bridgehead atoms. The Labute approximate surface area is 133 Å². The van der Waals surface area contributed by atoms with Gasteiger partial charge in [-0.05, 0) is 12.1 Å². The standard InChI is InChI=1S/C13H17N3O6S/c14-23(20,21)10-9-22-8-7-15-13(17)6-5-11-3-1-2-4-12(11)16(18)19/h1-6H,7-10H2,(H,15,17)(H2,14,20,21). The molecule has 0 aliphatic rings. The highest BCUT2D eigenvalue weighted by atomic mass is 32.2. The minimum Gasteiger partial charge on any atom is -0.379 e. The molecule has 1 aromatic rings. The third kappa shape index (κ3) is 8.04. The average molecular weight is 343 g/mol. The molecular formula is C13H17N3O6S.